The molecule has 0 saturated heterocycles. The monoisotopic (exact) mass is 226 g/mol. The first-order valence-electron chi connectivity index (χ1n) is 5.70. The van der Waals surface area contributed by atoms with Crippen molar-refractivity contribution in [3.63, 3.8) is 0 Å². The van der Waals surface area contributed by atoms with Crippen LogP contribution in [-0.2, 0) is 0 Å². The summed E-state index contributed by atoms with van der Waals surface area (Å²) in [5, 5.41) is 4.24. The summed E-state index contributed by atoms with van der Waals surface area (Å²) in [6.07, 6.45) is 3.73. The molecule has 86 valence electrons. The predicted molar refractivity (Wildman–Crippen MR) is 66.9 cm³/mol. The van der Waals surface area contributed by atoms with Gasteiger partial charge in [0.1, 0.15) is 11.9 Å². The Hall–Kier alpha value is -2.10. The van der Waals surface area contributed by atoms with E-state index < -0.39 is 0 Å². The van der Waals surface area contributed by atoms with E-state index in [1.54, 1.807) is 6.20 Å². The highest BCUT2D eigenvalue weighted by Gasteiger charge is 2.13. The fraction of sp³-hybridized carbons (Fsp3) is 0.231. The second kappa shape index (κ2) is 3.73. The Bertz CT molecular complexity index is 637. The third-order valence-corrected chi connectivity index (χ3v) is 3.05. The van der Waals surface area contributed by atoms with E-state index in [2.05, 4.69) is 41.0 Å². The standard InChI is InChI=1S/C13H14N4/c1-9-5-3-6-11-12(9)16-13(15-11)10(2)17-8-4-7-14-17/h3-8,10H,1-2H3,(H,15,16). The van der Waals surface area contributed by atoms with Gasteiger partial charge in [-0.1, -0.05) is 12.1 Å². The predicted octanol–water partition coefficient (Wildman–Crippen LogP) is 2.68. The van der Waals surface area contributed by atoms with E-state index in [1.807, 2.05) is 23.0 Å². The van der Waals surface area contributed by atoms with E-state index in [0.717, 1.165) is 16.9 Å². The second-order valence-electron chi connectivity index (χ2n) is 4.26. The fourth-order valence-electron chi connectivity index (χ4n) is 2.03. The molecule has 0 amide bonds. The Kier molecular flexibility index (Phi) is 2.21. The van der Waals surface area contributed by atoms with Crippen molar-refractivity contribution in [1.82, 2.24) is 19.7 Å². The summed E-state index contributed by atoms with van der Waals surface area (Å²) >= 11 is 0. The molecule has 17 heavy (non-hydrogen) atoms. The van der Waals surface area contributed by atoms with E-state index in [0.29, 0.717) is 0 Å². The van der Waals surface area contributed by atoms with E-state index in [-0.39, 0.29) is 6.04 Å². The van der Waals surface area contributed by atoms with Crippen molar-refractivity contribution in [2.75, 3.05) is 0 Å². The van der Waals surface area contributed by atoms with Gasteiger partial charge in [0.05, 0.1) is 11.0 Å². The van der Waals surface area contributed by atoms with E-state index in [4.69, 9.17) is 0 Å². The summed E-state index contributed by atoms with van der Waals surface area (Å²) in [5.41, 5.74) is 3.32. The Labute approximate surface area is 99.3 Å². The molecule has 1 atom stereocenters. The molecule has 0 fully saturated rings. The molecular formula is C13H14N4. The van der Waals surface area contributed by atoms with Gasteiger partial charge in [0, 0.05) is 12.4 Å². The molecule has 4 heteroatoms. The van der Waals surface area contributed by atoms with E-state index in [9.17, 15) is 0 Å². The molecule has 0 aliphatic carbocycles. The molecule has 3 rings (SSSR count). The smallest absolute Gasteiger partial charge is 0.131 e. The van der Waals surface area contributed by atoms with Crippen LogP contribution in [0.5, 0.6) is 0 Å². The largest absolute Gasteiger partial charge is 0.340 e. The fourth-order valence-corrected chi connectivity index (χ4v) is 2.03. The first-order chi connectivity index (χ1) is 8.25. The van der Waals surface area contributed by atoms with Crippen LogP contribution in [0.1, 0.15) is 24.4 Å². The maximum absolute atomic E-state index is 4.65. The van der Waals surface area contributed by atoms with Crippen molar-refractivity contribution in [2.45, 2.75) is 19.9 Å². The SMILES string of the molecule is Cc1cccc2[nH]c(C(C)n3cccn3)nc12. The third-order valence-electron chi connectivity index (χ3n) is 3.05. The highest BCUT2D eigenvalue weighted by molar-refractivity contribution is 5.78. The van der Waals surface area contributed by atoms with Gasteiger partial charge in [-0.15, -0.1) is 0 Å². The zero-order valence-electron chi connectivity index (χ0n) is 9.88. The molecule has 1 unspecified atom stereocenters. The van der Waals surface area contributed by atoms with Crippen molar-refractivity contribution in [3.05, 3.63) is 48.0 Å². The van der Waals surface area contributed by atoms with Crippen molar-refractivity contribution >= 4 is 11.0 Å². The number of H-pyrrole nitrogens is 1. The molecule has 4 nitrogen and oxygen atoms in total. The minimum absolute atomic E-state index is 0.122. The van der Waals surface area contributed by atoms with Gasteiger partial charge >= 0.3 is 0 Å². The lowest BCUT2D eigenvalue weighted by Crippen LogP contribution is -2.08. The van der Waals surface area contributed by atoms with Gasteiger partial charge in [0.15, 0.2) is 0 Å². The van der Waals surface area contributed by atoms with Gasteiger partial charge in [-0.3, -0.25) is 4.68 Å². The van der Waals surface area contributed by atoms with Crippen LogP contribution in [0.3, 0.4) is 0 Å². The van der Waals surface area contributed by atoms with Crippen molar-refractivity contribution < 1.29 is 0 Å². The average Bonchev–Trinajstić information content (AvgIpc) is 2.98. The van der Waals surface area contributed by atoms with Crippen LogP contribution >= 0.6 is 0 Å². The van der Waals surface area contributed by atoms with E-state index >= 15 is 0 Å². The molecule has 2 heterocycles. The molecule has 0 saturated carbocycles. The van der Waals surface area contributed by atoms with Gasteiger partial charge in [0.25, 0.3) is 0 Å². The van der Waals surface area contributed by atoms with Crippen molar-refractivity contribution in [3.8, 4) is 0 Å². The topological polar surface area (TPSA) is 46.5 Å². The summed E-state index contributed by atoms with van der Waals surface area (Å²) < 4.78 is 1.90. The maximum atomic E-state index is 4.65. The quantitative estimate of drug-likeness (QED) is 0.730. The third kappa shape index (κ3) is 1.62. The lowest BCUT2D eigenvalue weighted by atomic mass is 10.2. The molecule has 1 aromatic carbocycles. The second-order valence-corrected chi connectivity index (χ2v) is 4.26. The Morgan fingerprint density at radius 1 is 1.29 bits per heavy atom. The number of aryl methyl sites for hydroxylation is 1. The molecule has 0 aliphatic rings. The van der Waals surface area contributed by atoms with Crippen LogP contribution in [0.2, 0.25) is 0 Å². The number of hydrogen-bond acceptors (Lipinski definition) is 2. The Balaban J connectivity index is 2.10. The lowest BCUT2D eigenvalue weighted by molar-refractivity contribution is 0.542. The zero-order valence-corrected chi connectivity index (χ0v) is 9.88. The number of para-hydroxylation sites is 1. The van der Waals surface area contributed by atoms with Crippen LogP contribution in [0, 0.1) is 6.92 Å². The molecule has 0 bridgehead atoms. The molecule has 3 aromatic rings. The van der Waals surface area contributed by atoms with Gasteiger partial charge in [-0.05, 0) is 31.5 Å². The number of aromatic nitrogens is 4. The molecule has 0 spiro atoms. The molecular weight excluding hydrogens is 212 g/mol. The maximum Gasteiger partial charge on any atom is 0.131 e. The normalized spacial score (nSPS) is 13.1. The van der Waals surface area contributed by atoms with Crippen molar-refractivity contribution in [1.29, 1.82) is 0 Å². The highest BCUT2D eigenvalue weighted by atomic mass is 15.3. The molecule has 0 radical (unpaired) electrons. The van der Waals surface area contributed by atoms with Crippen LogP contribution in [0.15, 0.2) is 36.7 Å². The molecule has 2 aromatic heterocycles. The number of nitrogens with zero attached hydrogens (tertiary/aromatic N) is 3. The number of hydrogen-bond donors (Lipinski definition) is 1. The minimum atomic E-state index is 0.122. The number of fused-ring (bicyclic) bond motifs is 1. The summed E-state index contributed by atoms with van der Waals surface area (Å²) in [4.78, 5) is 8.00. The van der Waals surface area contributed by atoms with Crippen LogP contribution in [0.4, 0.5) is 0 Å². The summed E-state index contributed by atoms with van der Waals surface area (Å²) in [6.45, 7) is 4.16. The van der Waals surface area contributed by atoms with Gasteiger partial charge < -0.3 is 4.98 Å². The first kappa shape index (κ1) is 10.1. The van der Waals surface area contributed by atoms with Gasteiger partial charge in [-0.25, -0.2) is 4.98 Å². The Morgan fingerprint density at radius 2 is 2.18 bits per heavy atom. The number of imidazole rings is 1. The van der Waals surface area contributed by atoms with Crippen LogP contribution in [0.25, 0.3) is 11.0 Å². The summed E-state index contributed by atoms with van der Waals surface area (Å²) in [6, 6.07) is 8.21. The minimum Gasteiger partial charge on any atom is -0.340 e. The zero-order chi connectivity index (χ0) is 11.8. The molecule has 1 N–H and O–H groups in total. The first-order valence-corrected chi connectivity index (χ1v) is 5.70. The lowest BCUT2D eigenvalue weighted by Gasteiger charge is -2.08. The summed E-state index contributed by atoms with van der Waals surface area (Å²) in [5.74, 6) is 0.943. The van der Waals surface area contributed by atoms with Crippen LogP contribution in [-0.4, -0.2) is 19.7 Å². The number of aromatic amines is 1. The van der Waals surface area contributed by atoms with Crippen molar-refractivity contribution in [2.24, 2.45) is 0 Å². The number of benzene rings is 1. The molecule has 0 aliphatic heterocycles. The average molecular weight is 226 g/mol. The number of nitrogens with one attached hydrogen (secondary N) is 1. The van der Waals surface area contributed by atoms with Gasteiger partial charge in [-0.2, -0.15) is 5.10 Å². The van der Waals surface area contributed by atoms with Crippen LogP contribution < -0.4 is 0 Å². The number of rotatable bonds is 2. The summed E-state index contributed by atoms with van der Waals surface area (Å²) in [7, 11) is 0. The van der Waals surface area contributed by atoms with Gasteiger partial charge in [0.2, 0.25) is 0 Å². The Morgan fingerprint density at radius 3 is 2.88 bits per heavy atom. The highest BCUT2D eigenvalue weighted by Crippen LogP contribution is 2.20. The van der Waals surface area contributed by atoms with E-state index in [1.165, 1.54) is 5.56 Å².